The first-order chi connectivity index (χ1) is 8.20. The van der Waals surface area contributed by atoms with E-state index in [2.05, 4.69) is 4.98 Å². The summed E-state index contributed by atoms with van der Waals surface area (Å²) in [5.41, 5.74) is 2.68. The van der Waals surface area contributed by atoms with E-state index in [0.29, 0.717) is 0 Å². The third kappa shape index (κ3) is 2.45. The van der Waals surface area contributed by atoms with Crippen LogP contribution in [0.5, 0.6) is 0 Å². The van der Waals surface area contributed by atoms with Crippen LogP contribution in [0, 0.1) is 0 Å². The smallest absolute Gasteiger partial charge is 0.108 e. The van der Waals surface area contributed by atoms with Crippen molar-refractivity contribution in [1.29, 1.82) is 0 Å². The third-order valence-corrected chi connectivity index (χ3v) is 2.72. The van der Waals surface area contributed by atoms with Gasteiger partial charge in [-0.25, -0.2) is 0 Å². The molecule has 0 spiro atoms. The molecule has 88 valence electrons. The SMILES string of the molecule is CN(C)c1ccncc1C(O)c1ccccc1. The molecule has 0 radical (unpaired) electrons. The first-order valence-corrected chi connectivity index (χ1v) is 5.54. The summed E-state index contributed by atoms with van der Waals surface area (Å²) in [6, 6.07) is 11.5. The number of nitrogens with zero attached hydrogens (tertiary/aromatic N) is 2. The molecule has 1 atom stereocenters. The standard InChI is InChI=1S/C14H16N2O/c1-16(2)13-8-9-15-10-12(13)14(17)11-6-4-3-5-7-11/h3-10,14,17H,1-2H3. The predicted molar refractivity (Wildman–Crippen MR) is 69.1 cm³/mol. The summed E-state index contributed by atoms with van der Waals surface area (Å²) < 4.78 is 0. The lowest BCUT2D eigenvalue weighted by Gasteiger charge is -2.20. The number of anilines is 1. The van der Waals surface area contributed by atoms with Crippen LogP contribution in [-0.4, -0.2) is 24.2 Å². The Morgan fingerprint density at radius 2 is 1.82 bits per heavy atom. The fourth-order valence-corrected chi connectivity index (χ4v) is 1.83. The second kappa shape index (κ2) is 4.97. The number of pyridine rings is 1. The number of rotatable bonds is 3. The van der Waals surface area contributed by atoms with Crippen molar-refractivity contribution in [3.05, 3.63) is 59.9 Å². The maximum absolute atomic E-state index is 10.4. The van der Waals surface area contributed by atoms with Crippen LogP contribution in [0.3, 0.4) is 0 Å². The number of hydrogen-bond acceptors (Lipinski definition) is 3. The molecule has 0 aliphatic rings. The van der Waals surface area contributed by atoms with Gasteiger partial charge in [-0.15, -0.1) is 0 Å². The Balaban J connectivity index is 2.41. The Bertz CT molecular complexity index is 483. The molecule has 0 bridgehead atoms. The van der Waals surface area contributed by atoms with E-state index in [-0.39, 0.29) is 0 Å². The number of benzene rings is 1. The molecule has 1 aromatic heterocycles. The van der Waals surface area contributed by atoms with Crippen molar-refractivity contribution >= 4 is 5.69 Å². The highest BCUT2D eigenvalue weighted by molar-refractivity contribution is 5.53. The van der Waals surface area contributed by atoms with E-state index in [4.69, 9.17) is 0 Å². The molecule has 1 heterocycles. The third-order valence-electron chi connectivity index (χ3n) is 2.72. The molecular formula is C14H16N2O. The van der Waals surface area contributed by atoms with Gasteiger partial charge >= 0.3 is 0 Å². The average Bonchev–Trinajstić information content (AvgIpc) is 2.39. The first-order valence-electron chi connectivity index (χ1n) is 5.54. The van der Waals surface area contributed by atoms with Crippen LogP contribution in [0.1, 0.15) is 17.2 Å². The zero-order chi connectivity index (χ0) is 12.3. The van der Waals surface area contributed by atoms with Crippen LogP contribution in [0.25, 0.3) is 0 Å². The Hall–Kier alpha value is -1.87. The molecule has 1 N–H and O–H groups in total. The molecule has 17 heavy (non-hydrogen) atoms. The second-order valence-electron chi connectivity index (χ2n) is 4.14. The van der Waals surface area contributed by atoms with Crippen LogP contribution < -0.4 is 4.90 Å². The van der Waals surface area contributed by atoms with E-state index in [1.165, 1.54) is 0 Å². The normalized spacial score (nSPS) is 12.2. The maximum Gasteiger partial charge on any atom is 0.108 e. The van der Waals surface area contributed by atoms with Gasteiger partial charge in [0.05, 0.1) is 0 Å². The number of hydrogen-bond donors (Lipinski definition) is 1. The fraction of sp³-hybridized carbons (Fsp3) is 0.214. The van der Waals surface area contributed by atoms with Gasteiger partial charge in [0.25, 0.3) is 0 Å². The molecule has 0 aliphatic carbocycles. The van der Waals surface area contributed by atoms with Gasteiger partial charge < -0.3 is 10.0 Å². The summed E-state index contributed by atoms with van der Waals surface area (Å²) in [5.74, 6) is 0. The molecule has 0 saturated carbocycles. The van der Waals surface area contributed by atoms with Gasteiger partial charge in [0.15, 0.2) is 0 Å². The second-order valence-corrected chi connectivity index (χ2v) is 4.14. The lowest BCUT2D eigenvalue weighted by molar-refractivity contribution is 0.220. The largest absolute Gasteiger partial charge is 0.384 e. The lowest BCUT2D eigenvalue weighted by Crippen LogP contribution is -2.13. The van der Waals surface area contributed by atoms with Gasteiger partial charge in [0.1, 0.15) is 6.10 Å². The summed E-state index contributed by atoms with van der Waals surface area (Å²) in [6.07, 6.45) is 2.81. The summed E-state index contributed by atoms with van der Waals surface area (Å²) in [5, 5.41) is 10.4. The average molecular weight is 228 g/mol. The highest BCUT2D eigenvalue weighted by Gasteiger charge is 2.15. The Morgan fingerprint density at radius 1 is 1.12 bits per heavy atom. The molecule has 2 rings (SSSR count). The van der Waals surface area contributed by atoms with E-state index >= 15 is 0 Å². The van der Waals surface area contributed by atoms with Crippen molar-refractivity contribution in [3.8, 4) is 0 Å². The van der Waals surface area contributed by atoms with E-state index in [1.54, 1.807) is 12.4 Å². The maximum atomic E-state index is 10.4. The Labute approximate surface area is 101 Å². The molecule has 0 amide bonds. The van der Waals surface area contributed by atoms with Crippen molar-refractivity contribution in [3.63, 3.8) is 0 Å². The van der Waals surface area contributed by atoms with Gasteiger partial charge in [-0.05, 0) is 11.6 Å². The van der Waals surface area contributed by atoms with E-state index in [1.807, 2.05) is 55.4 Å². The quantitative estimate of drug-likeness (QED) is 0.875. The summed E-state index contributed by atoms with van der Waals surface area (Å²) >= 11 is 0. The van der Waals surface area contributed by atoms with Gasteiger partial charge in [-0.3, -0.25) is 4.98 Å². The molecular weight excluding hydrogens is 212 g/mol. The summed E-state index contributed by atoms with van der Waals surface area (Å²) in [6.45, 7) is 0. The molecule has 1 aromatic carbocycles. The predicted octanol–water partition coefficient (Wildman–Crippen LogP) is 2.23. The topological polar surface area (TPSA) is 36.4 Å². The van der Waals surface area contributed by atoms with E-state index < -0.39 is 6.10 Å². The van der Waals surface area contributed by atoms with Crippen molar-refractivity contribution in [2.75, 3.05) is 19.0 Å². The van der Waals surface area contributed by atoms with Gasteiger partial charge in [-0.1, -0.05) is 30.3 Å². The zero-order valence-corrected chi connectivity index (χ0v) is 10.0. The summed E-state index contributed by atoms with van der Waals surface area (Å²) in [7, 11) is 3.91. The zero-order valence-electron chi connectivity index (χ0n) is 10.0. The van der Waals surface area contributed by atoms with Crippen molar-refractivity contribution in [2.45, 2.75) is 6.10 Å². The minimum Gasteiger partial charge on any atom is -0.384 e. The van der Waals surface area contributed by atoms with E-state index in [0.717, 1.165) is 16.8 Å². The van der Waals surface area contributed by atoms with Gasteiger partial charge in [0, 0.05) is 37.7 Å². The minimum absolute atomic E-state index is 0.637. The van der Waals surface area contributed by atoms with Crippen LogP contribution in [0.4, 0.5) is 5.69 Å². The van der Waals surface area contributed by atoms with Crippen molar-refractivity contribution in [1.82, 2.24) is 4.98 Å². The minimum atomic E-state index is -0.637. The molecule has 2 aromatic rings. The van der Waals surface area contributed by atoms with E-state index in [9.17, 15) is 5.11 Å². The molecule has 0 saturated heterocycles. The number of aliphatic hydroxyl groups is 1. The first kappa shape index (κ1) is 11.6. The Kier molecular flexibility index (Phi) is 3.40. The molecule has 1 unspecified atom stereocenters. The van der Waals surface area contributed by atoms with Crippen LogP contribution in [0.2, 0.25) is 0 Å². The lowest BCUT2D eigenvalue weighted by atomic mass is 10.0. The molecule has 3 nitrogen and oxygen atoms in total. The van der Waals surface area contributed by atoms with Crippen molar-refractivity contribution in [2.24, 2.45) is 0 Å². The highest BCUT2D eigenvalue weighted by atomic mass is 16.3. The number of aromatic nitrogens is 1. The highest BCUT2D eigenvalue weighted by Crippen LogP contribution is 2.28. The molecule has 0 fully saturated rings. The number of aliphatic hydroxyl groups excluding tert-OH is 1. The van der Waals surface area contributed by atoms with Gasteiger partial charge in [-0.2, -0.15) is 0 Å². The Morgan fingerprint density at radius 3 is 2.47 bits per heavy atom. The fourth-order valence-electron chi connectivity index (χ4n) is 1.83. The molecule has 3 heteroatoms. The van der Waals surface area contributed by atoms with Crippen molar-refractivity contribution < 1.29 is 5.11 Å². The molecule has 0 aliphatic heterocycles. The van der Waals surface area contributed by atoms with Gasteiger partial charge in [0.2, 0.25) is 0 Å². The monoisotopic (exact) mass is 228 g/mol. The van der Waals surface area contributed by atoms with Crippen LogP contribution >= 0.6 is 0 Å². The van der Waals surface area contributed by atoms with Crippen LogP contribution in [0.15, 0.2) is 48.8 Å². The van der Waals surface area contributed by atoms with Crippen LogP contribution in [-0.2, 0) is 0 Å². The summed E-state index contributed by atoms with van der Waals surface area (Å²) in [4.78, 5) is 6.06.